The van der Waals surface area contributed by atoms with Crippen LogP contribution in [0.4, 0.5) is 0 Å². The van der Waals surface area contributed by atoms with Gasteiger partial charge in [0.05, 0.1) is 12.2 Å². The number of piperidine rings is 1. The zero-order valence-electron chi connectivity index (χ0n) is 14.8. The first-order valence-electron chi connectivity index (χ1n) is 8.78. The molecule has 25 heavy (non-hydrogen) atoms. The third kappa shape index (κ3) is 4.88. The number of carboxylic acid groups (broad SMARTS) is 1. The number of carbonyl (C=O) groups is 1. The van der Waals surface area contributed by atoms with Crippen LogP contribution in [-0.4, -0.2) is 49.0 Å². The molecule has 8 heteroatoms. The van der Waals surface area contributed by atoms with Crippen molar-refractivity contribution >= 4 is 5.97 Å². The van der Waals surface area contributed by atoms with Gasteiger partial charge < -0.3 is 9.63 Å². The molecule has 8 nitrogen and oxygen atoms in total. The summed E-state index contributed by atoms with van der Waals surface area (Å²) in [4.78, 5) is 17.6. The second-order valence-corrected chi connectivity index (χ2v) is 7.11. The van der Waals surface area contributed by atoms with Crippen molar-refractivity contribution in [1.29, 1.82) is 0 Å². The molecule has 0 radical (unpaired) electrons. The van der Waals surface area contributed by atoms with E-state index in [4.69, 9.17) is 9.63 Å². The maximum atomic E-state index is 10.8. The Morgan fingerprint density at radius 1 is 1.48 bits per heavy atom. The summed E-state index contributed by atoms with van der Waals surface area (Å²) in [7, 11) is 0. The molecular weight excluding hydrogens is 322 g/mol. The Hall–Kier alpha value is -2.22. The maximum Gasteiger partial charge on any atom is 0.325 e. The Morgan fingerprint density at radius 2 is 2.32 bits per heavy atom. The summed E-state index contributed by atoms with van der Waals surface area (Å²) < 4.78 is 6.79. The fourth-order valence-electron chi connectivity index (χ4n) is 3.25. The fraction of sp³-hybridized carbons (Fsp3) is 0.647. The van der Waals surface area contributed by atoms with E-state index < -0.39 is 5.97 Å². The minimum Gasteiger partial charge on any atom is -0.480 e. The zero-order valence-corrected chi connectivity index (χ0v) is 14.8. The molecule has 2 aromatic heterocycles. The number of likely N-dealkylation sites (tertiary alicyclic amines) is 1. The van der Waals surface area contributed by atoms with Crippen LogP contribution in [0.15, 0.2) is 16.8 Å². The standard InChI is InChI=1S/C17H25N5O3/c1-12(2)8-16-18-15(20-25-16)10-21-6-3-4-13(9-21)14-5-7-22(19-14)11-17(23)24/h5,7,12-13H,3-4,6,8-11H2,1-2H3,(H,23,24)/t13-/m0/s1. The molecule has 0 saturated carbocycles. The van der Waals surface area contributed by atoms with Gasteiger partial charge in [-0.25, -0.2) is 0 Å². The van der Waals surface area contributed by atoms with Gasteiger partial charge in [0.15, 0.2) is 5.82 Å². The lowest BCUT2D eigenvalue weighted by molar-refractivity contribution is -0.137. The lowest BCUT2D eigenvalue weighted by Gasteiger charge is -2.30. The van der Waals surface area contributed by atoms with E-state index in [1.807, 2.05) is 6.07 Å². The molecule has 1 fully saturated rings. The highest BCUT2D eigenvalue weighted by Gasteiger charge is 2.24. The topological polar surface area (TPSA) is 97.3 Å². The van der Waals surface area contributed by atoms with E-state index in [0.29, 0.717) is 24.3 Å². The van der Waals surface area contributed by atoms with Gasteiger partial charge in [-0.2, -0.15) is 10.1 Å². The largest absolute Gasteiger partial charge is 0.480 e. The van der Waals surface area contributed by atoms with Crippen LogP contribution in [0.3, 0.4) is 0 Å². The van der Waals surface area contributed by atoms with Crippen LogP contribution in [0.1, 0.15) is 50.0 Å². The molecule has 136 valence electrons. The highest BCUT2D eigenvalue weighted by molar-refractivity contribution is 5.66. The van der Waals surface area contributed by atoms with Crippen molar-refractivity contribution in [2.24, 2.45) is 5.92 Å². The molecule has 0 aromatic carbocycles. The van der Waals surface area contributed by atoms with Crippen molar-refractivity contribution in [1.82, 2.24) is 24.8 Å². The van der Waals surface area contributed by atoms with Gasteiger partial charge in [0, 0.05) is 25.1 Å². The third-order valence-corrected chi connectivity index (χ3v) is 4.34. The van der Waals surface area contributed by atoms with Gasteiger partial charge >= 0.3 is 5.97 Å². The summed E-state index contributed by atoms with van der Waals surface area (Å²) in [6, 6.07) is 1.92. The monoisotopic (exact) mass is 347 g/mol. The van der Waals surface area contributed by atoms with Gasteiger partial charge in [-0.05, 0) is 31.4 Å². The molecule has 1 saturated heterocycles. The number of hydrogen-bond acceptors (Lipinski definition) is 6. The predicted molar refractivity (Wildman–Crippen MR) is 90.0 cm³/mol. The van der Waals surface area contributed by atoms with Gasteiger partial charge in [0.25, 0.3) is 0 Å². The van der Waals surface area contributed by atoms with Crippen LogP contribution < -0.4 is 0 Å². The molecule has 0 spiro atoms. The minimum atomic E-state index is -0.880. The number of rotatable bonds is 7. The molecule has 0 bridgehead atoms. The van der Waals surface area contributed by atoms with Crippen LogP contribution >= 0.6 is 0 Å². The molecular formula is C17H25N5O3. The molecule has 1 aliphatic rings. The number of hydrogen-bond donors (Lipinski definition) is 1. The Morgan fingerprint density at radius 3 is 3.08 bits per heavy atom. The summed E-state index contributed by atoms with van der Waals surface area (Å²) in [6.07, 6.45) is 4.68. The summed E-state index contributed by atoms with van der Waals surface area (Å²) in [6.45, 7) is 6.70. The maximum absolute atomic E-state index is 10.8. The highest BCUT2D eigenvalue weighted by atomic mass is 16.5. The molecule has 3 heterocycles. The fourth-order valence-corrected chi connectivity index (χ4v) is 3.25. The van der Waals surface area contributed by atoms with E-state index >= 15 is 0 Å². The van der Waals surface area contributed by atoms with E-state index in [1.165, 1.54) is 4.68 Å². The molecule has 0 unspecified atom stereocenters. The highest BCUT2D eigenvalue weighted by Crippen LogP contribution is 2.26. The average Bonchev–Trinajstić information content (AvgIpc) is 3.16. The molecule has 2 aromatic rings. The Balaban J connectivity index is 1.58. The van der Waals surface area contributed by atoms with Crippen LogP contribution in [-0.2, 0) is 24.3 Å². The minimum absolute atomic E-state index is 0.0993. The van der Waals surface area contributed by atoms with Crippen molar-refractivity contribution in [3.05, 3.63) is 29.7 Å². The van der Waals surface area contributed by atoms with Crippen molar-refractivity contribution in [2.75, 3.05) is 13.1 Å². The molecule has 0 amide bonds. The smallest absolute Gasteiger partial charge is 0.325 e. The van der Waals surface area contributed by atoms with Crippen LogP contribution in [0.5, 0.6) is 0 Å². The summed E-state index contributed by atoms with van der Waals surface area (Å²) in [5, 5.41) is 17.4. The molecule has 1 aliphatic heterocycles. The van der Waals surface area contributed by atoms with E-state index in [9.17, 15) is 4.79 Å². The van der Waals surface area contributed by atoms with Crippen molar-refractivity contribution in [3.8, 4) is 0 Å². The van der Waals surface area contributed by atoms with E-state index in [0.717, 1.165) is 43.9 Å². The molecule has 3 rings (SSSR count). The van der Waals surface area contributed by atoms with Crippen LogP contribution in [0.25, 0.3) is 0 Å². The van der Waals surface area contributed by atoms with Crippen LogP contribution in [0.2, 0.25) is 0 Å². The van der Waals surface area contributed by atoms with Crippen molar-refractivity contribution < 1.29 is 14.4 Å². The Kier molecular flexibility index (Phi) is 5.47. The van der Waals surface area contributed by atoms with E-state index in [2.05, 4.69) is 34.0 Å². The van der Waals surface area contributed by atoms with Crippen LogP contribution in [0, 0.1) is 5.92 Å². The van der Waals surface area contributed by atoms with Crippen molar-refractivity contribution in [2.45, 2.75) is 52.1 Å². The predicted octanol–water partition coefficient (Wildman–Crippen LogP) is 1.93. The normalized spacial score (nSPS) is 18.8. The van der Waals surface area contributed by atoms with Gasteiger partial charge in [-0.3, -0.25) is 14.4 Å². The quantitative estimate of drug-likeness (QED) is 0.817. The first-order chi connectivity index (χ1) is 12.0. The Labute approximate surface area is 146 Å². The average molecular weight is 347 g/mol. The molecule has 1 N–H and O–H groups in total. The summed E-state index contributed by atoms with van der Waals surface area (Å²) >= 11 is 0. The van der Waals surface area contributed by atoms with Gasteiger partial charge in [0.2, 0.25) is 5.89 Å². The number of nitrogens with zero attached hydrogens (tertiary/aromatic N) is 5. The second-order valence-electron chi connectivity index (χ2n) is 7.11. The second kappa shape index (κ2) is 7.77. The van der Waals surface area contributed by atoms with Gasteiger partial charge in [0.1, 0.15) is 6.54 Å². The van der Waals surface area contributed by atoms with Gasteiger partial charge in [-0.15, -0.1) is 0 Å². The summed E-state index contributed by atoms with van der Waals surface area (Å²) in [5.74, 6) is 1.35. The first kappa shape index (κ1) is 17.6. The summed E-state index contributed by atoms with van der Waals surface area (Å²) in [5.41, 5.74) is 0.958. The van der Waals surface area contributed by atoms with E-state index in [-0.39, 0.29) is 6.54 Å². The zero-order chi connectivity index (χ0) is 17.8. The van der Waals surface area contributed by atoms with E-state index in [1.54, 1.807) is 6.20 Å². The Bertz CT molecular complexity index is 709. The lowest BCUT2D eigenvalue weighted by Crippen LogP contribution is -2.34. The molecule has 1 atom stereocenters. The SMILES string of the molecule is CC(C)Cc1nc(CN2CCC[C@H](c3ccn(CC(=O)O)n3)C2)no1. The number of aromatic nitrogens is 4. The lowest BCUT2D eigenvalue weighted by atomic mass is 9.95. The third-order valence-electron chi connectivity index (χ3n) is 4.34. The first-order valence-corrected chi connectivity index (χ1v) is 8.78. The molecule has 0 aliphatic carbocycles. The number of carboxylic acids is 1. The number of aliphatic carboxylic acids is 1. The van der Waals surface area contributed by atoms with Gasteiger partial charge in [-0.1, -0.05) is 19.0 Å². The van der Waals surface area contributed by atoms with Crippen molar-refractivity contribution in [3.63, 3.8) is 0 Å².